The Morgan fingerprint density at radius 2 is 2.21 bits per heavy atom. The average molecular weight is 386 g/mol. The fourth-order valence-corrected chi connectivity index (χ4v) is 2.50. The summed E-state index contributed by atoms with van der Waals surface area (Å²) in [6, 6.07) is 9.68. The number of halogens is 1. The van der Waals surface area contributed by atoms with Crippen LogP contribution in [-0.4, -0.2) is 47.4 Å². The van der Waals surface area contributed by atoms with Crippen LogP contribution in [0.5, 0.6) is 5.75 Å². The number of nitrogens with zero attached hydrogens (tertiary/aromatic N) is 3. The molecule has 0 amide bonds. The van der Waals surface area contributed by atoms with E-state index in [1.54, 1.807) is 31.5 Å². The van der Waals surface area contributed by atoms with Crippen LogP contribution in [0.15, 0.2) is 52.1 Å². The number of benzene rings is 1. The smallest absolute Gasteiger partial charge is 0.216 e. The van der Waals surface area contributed by atoms with Crippen LogP contribution in [0, 0.1) is 5.82 Å². The summed E-state index contributed by atoms with van der Waals surface area (Å²) in [7, 11) is 1.69. The zero-order valence-corrected chi connectivity index (χ0v) is 15.8. The molecule has 3 aromatic rings. The van der Waals surface area contributed by atoms with Crippen molar-refractivity contribution in [2.75, 3.05) is 20.1 Å². The number of hydrogen-bond donors (Lipinski definition) is 3. The van der Waals surface area contributed by atoms with E-state index in [1.807, 2.05) is 13.0 Å². The van der Waals surface area contributed by atoms with Crippen LogP contribution in [-0.2, 0) is 6.42 Å². The standard InChI is InChI=1S/C19H23FN6O2/c1-13(28-15-6-3-5-14(20)11-15)12-23-19(21-2)22-9-8-17-24-18(26-25-17)16-7-4-10-27-16/h3-7,10-11,13H,8-9,12H2,1-2H3,(H2,21,22,23)(H,24,25,26). The number of rotatable bonds is 8. The molecule has 1 aromatic carbocycles. The highest BCUT2D eigenvalue weighted by Crippen LogP contribution is 2.14. The van der Waals surface area contributed by atoms with E-state index >= 15 is 0 Å². The van der Waals surface area contributed by atoms with Gasteiger partial charge in [0.2, 0.25) is 5.82 Å². The number of guanidine groups is 1. The molecule has 3 rings (SSSR count). The number of aromatic nitrogens is 3. The zero-order chi connectivity index (χ0) is 19.8. The predicted molar refractivity (Wildman–Crippen MR) is 104 cm³/mol. The van der Waals surface area contributed by atoms with Crippen molar-refractivity contribution in [3.63, 3.8) is 0 Å². The number of aliphatic imine (C=N–C) groups is 1. The highest BCUT2D eigenvalue weighted by molar-refractivity contribution is 5.79. The minimum absolute atomic E-state index is 0.162. The summed E-state index contributed by atoms with van der Waals surface area (Å²) in [5, 5.41) is 13.4. The Kier molecular flexibility index (Phi) is 6.61. The second-order valence-corrected chi connectivity index (χ2v) is 6.10. The molecule has 0 saturated carbocycles. The maximum atomic E-state index is 13.2. The van der Waals surface area contributed by atoms with Gasteiger partial charge in [-0.3, -0.25) is 10.1 Å². The van der Waals surface area contributed by atoms with Gasteiger partial charge in [-0.1, -0.05) is 6.07 Å². The quantitative estimate of drug-likeness (QED) is 0.406. The van der Waals surface area contributed by atoms with Crippen LogP contribution in [0.25, 0.3) is 11.6 Å². The van der Waals surface area contributed by atoms with E-state index in [9.17, 15) is 4.39 Å². The number of furan rings is 1. The Hall–Kier alpha value is -3.36. The third kappa shape index (κ3) is 5.57. The summed E-state index contributed by atoms with van der Waals surface area (Å²) < 4.78 is 24.2. The lowest BCUT2D eigenvalue weighted by Gasteiger charge is -2.17. The van der Waals surface area contributed by atoms with Gasteiger partial charge in [-0.2, -0.15) is 5.10 Å². The first-order chi connectivity index (χ1) is 13.6. The molecular formula is C19H23FN6O2. The van der Waals surface area contributed by atoms with Crippen LogP contribution in [0.3, 0.4) is 0 Å². The van der Waals surface area contributed by atoms with E-state index in [1.165, 1.54) is 12.1 Å². The molecule has 1 unspecified atom stereocenters. The van der Waals surface area contributed by atoms with Gasteiger partial charge < -0.3 is 19.8 Å². The fourth-order valence-electron chi connectivity index (χ4n) is 2.50. The summed E-state index contributed by atoms with van der Waals surface area (Å²) in [4.78, 5) is 8.57. The summed E-state index contributed by atoms with van der Waals surface area (Å²) >= 11 is 0. The van der Waals surface area contributed by atoms with Gasteiger partial charge in [0.15, 0.2) is 11.7 Å². The monoisotopic (exact) mass is 386 g/mol. The predicted octanol–water partition coefficient (Wildman–Crippen LogP) is 2.38. The summed E-state index contributed by atoms with van der Waals surface area (Å²) in [6.45, 7) is 3.03. The van der Waals surface area contributed by atoms with Crippen molar-refractivity contribution in [2.45, 2.75) is 19.4 Å². The van der Waals surface area contributed by atoms with Crippen LogP contribution in [0.1, 0.15) is 12.7 Å². The first kappa shape index (κ1) is 19.4. The van der Waals surface area contributed by atoms with Gasteiger partial charge in [0, 0.05) is 26.1 Å². The third-order valence-corrected chi connectivity index (χ3v) is 3.84. The SMILES string of the molecule is CN=C(NCCc1nc(-c2ccco2)n[nH]1)NCC(C)Oc1cccc(F)c1. The minimum Gasteiger partial charge on any atom is -0.489 e. The second kappa shape index (κ2) is 9.54. The van der Waals surface area contributed by atoms with E-state index in [0.717, 1.165) is 5.82 Å². The molecule has 0 spiro atoms. The molecule has 9 heteroatoms. The average Bonchev–Trinajstić information content (AvgIpc) is 3.36. The Labute approximate surface area is 162 Å². The number of H-pyrrole nitrogens is 1. The van der Waals surface area contributed by atoms with Crippen molar-refractivity contribution < 1.29 is 13.5 Å². The van der Waals surface area contributed by atoms with Gasteiger partial charge in [0.25, 0.3) is 0 Å². The molecule has 1 atom stereocenters. The van der Waals surface area contributed by atoms with Crippen LogP contribution < -0.4 is 15.4 Å². The van der Waals surface area contributed by atoms with Gasteiger partial charge in [0.05, 0.1) is 12.8 Å². The number of ether oxygens (including phenoxy) is 1. The van der Waals surface area contributed by atoms with Crippen molar-refractivity contribution in [1.29, 1.82) is 0 Å². The largest absolute Gasteiger partial charge is 0.489 e. The lowest BCUT2D eigenvalue weighted by atomic mass is 10.3. The first-order valence-electron chi connectivity index (χ1n) is 8.96. The van der Waals surface area contributed by atoms with E-state index in [4.69, 9.17) is 9.15 Å². The van der Waals surface area contributed by atoms with E-state index in [0.29, 0.717) is 42.8 Å². The van der Waals surface area contributed by atoms with E-state index < -0.39 is 0 Å². The van der Waals surface area contributed by atoms with Crippen molar-refractivity contribution in [2.24, 2.45) is 4.99 Å². The minimum atomic E-state index is -0.322. The van der Waals surface area contributed by atoms with Crippen LogP contribution >= 0.6 is 0 Å². The molecule has 0 saturated heterocycles. The number of hydrogen-bond acceptors (Lipinski definition) is 5. The molecule has 3 N–H and O–H groups in total. The van der Waals surface area contributed by atoms with Gasteiger partial charge in [-0.05, 0) is 31.2 Å². The molecule has 148 valence electrons. The highest BCUT2D eigenvalue weighted by Gasteiger charge is 2.09. The maximum Gasteiger partial charge on any atom is 0.216 e. The molecule has 8 nitrogen and oxygen atoms in total. The van der Waals surface area contributed by atoms with E-state index in [-0.39, 0.29) is 11.9 Å². The molecule has 2 aromatic heterocycles. The molecule has 0 radical (unpaired) electrons. The van der Waals surface area contributed by atoms with Gasteiger partial charge in [0.1, 0.15) is 23.5 Å². The lowest BCUT2D eigenvalue weighted by molar-refractivity contribution is 0.223. The van der Waals surface area contributed by atoms with Gasteiger partial charge in [-0.15, -0.1) is 0 Å². The Morgan fingerprint density at radius 3 is 2.96 bits per heavy atom. The van der Waals surface area contributed by atoms with Crippen molar-refractivity contribution in [3.05, 3.63) is 54.3 Å². The highest BCUT2D eigenvalue weighted by atomic mass is 19.1. The molecular weight excluding hydrogens is 363 g/mol. The van der Waals surface area contributed by atoms with Gasteiger partial charge >= 0.3 is 0 Å². The fraction of sp³-hybridized carbons (Fsp3) is 0.316. The van der Waals surface area contributed by atoms with Crippen molar-refractivity contribution >= 4 is 5.96 Å². The summed E-state index contributed by atoms with van der Waals surface area (Å²) in [5.41, 5.74) is 0. The van der Waals surface area contributed by atoms with Crippen molar-refractivity contribution in [1.82, 2.24) is 25.8 Å². The summed E-state index contributed by atoms with van der Waals surface area (Å²) in [5.74, 6) is 2.72. The Morgan fingerprint density at radius 1 is 1.32 bits per heavy atom. The Balaban J connectivity index is 1.40. The Bertz CT molecular complexity index is 893. The molecule has 28 heavy (non-hydrogen) atoms. The lowest BCUT2D eigenvalue weighted by Crippen LogP contribution is -2.42. The van der Waals surface area contributed by atoms with E-state index in [2.05, 4.69) is 30.8 Å². The maximum absolute atomic E-state index is 13.2. The normalized spacial score (nSPS) is 12.6. The van der Waals surface area contributed by atoms with Crippen LogP contribution in [0.4, 0.5) is 4.39 Å². The third-order valence-electron chi connectivity index (χ3n) is 3.84. The first-order valence-corrected chi connectivity index (χ1v) is 8.96. The molecule has 0 fully saturated rings. The molecule has 0 bridgehead atoms. The zero-order valence-electron chi connectivity index (χ0n) is 15.8. The number of aromatic amines is 1. The second-order valence-electron chi connectivity index (χ2n) is 6.10. The molecule has 0 aliphatic carbocycles. The number of nitrogens with one attached hydrogen (secondary N) is 3. The molecule has 0 aliphatic heterocycles. The molecule has 2 heterocycles. The molecule has 0 aliphatic rings. The topological polar surface area (TPSA) is 100 Å². The van der Waals surface area contributed by atoms with Crippen LogP contribution in [0.2, 0.25) is 0 Å². The van der Waals surface area contributed by atoms with Gasteiger partial charge in [-0.25, -0.2) is 9.37 Å². The van der Waals surface area contributed by atoms with Crippen molar-refractivity contribution in [3.8, 4) is 17.3 Å². The summed E-state index contributed by atoms with van der Waals surface area (Å²) in [6.07, 6.45) is 2.07.